The molecule has 102 valence electrons. The average Bonchev–Trinajstić information content (AvgIpc) is 2.77. The predicted octanol–water partition coefficient (Wildman–Crippen LogP) is 4.43. The number of hydrogen-bond acceptors (Lipinski definition) is 2. The third kappa shape index (κ3) is 3.64. The van der Waals surface area contributed by atoms with Gasteiger partial charge in [0.2, 0.25) is 0 Å². The number of hydrogen-bond donors (Lipinski definition) is 1. The van der Waals surface area contributed by atoms with Crippen LogP contribution in [0.2, 0.25) is 0 Å². The maximum atomic E-state index is 13.1. The van der Waals surface area contributed by atoms with Crippen molar-refractivity contribution in [3.63, 3.8) is 0 Å². The second-order valence-corrected chi connectivity index (χ2v) is 7.01. The van der Waals surface area contributed by atoms with E-state index in [9.17, 15) is 4.39 Å². The van der Waals surface area contributed by atoms with E-state index >= 15 is 0 Å². The van der Waals surface area contributed by atoms with Crippen LogP contribution in [0.3, 0.4) is 0 Å². The number of rotatable bonds is 3. The van der Waals surface area contributed by atoms with E-state index in [0.717, 1.165) is 10.4 Å². The van der Waals surface area contributed by atoms with Crippen LogP contribution in [-0.2, 0) is 11.8 Å². The molecule has 1 atom stereocenters. The first-order chi connectivity index (χ1) is 8.86. The molecule has 19 heavy (non-hydrogen) atoms. The van der Waals surface area contributed by atoms with Crippen LogP contribution in [0.5, 0.6) is 0 Å². The Balaban J connectivity index is 2.12. The zero-order valence-electron chi connectivity index (χ0n) is 11.6. The van der Waals surface area contributed by atoms with Gasteiger partial charge in [-0.3, -0.25) is 0 Å². The van der Waals surface area contributed by atoms with Gasteiger partial charge in [-0.05, 0) is 41.7 Å². The Labute approximate surface area is 118 Å². The second kappa shape index (κ2) is 5.43. The van der Waals surface area contributed by atoms with E-state index in [1.54, 1.807) is 23.5 Å². The van der Waals surface area contributed by atoms with Crippen LogP contribution in [0.4, 0.5) is 4.39 Å². The highest BCUT2D eigenvalue weighted by molar-refractivity contribution is 7.12. The van der Waals surface area contributed by atoms with Crippen molar-refractivity contribution in [1.82, 2.24) is 0 Å². The zero-order chi connectivity index (χ0) is 14.0. The fourth-order valence-electron chi connectivity index (χ4n) is 1.97. The number of nitrogens with two attached hydrogens (primary N) is 1. The predicted molar refractivity (Wildman–Crippen MR) is 80.1 cm³/mol. The molecule has 0 aliphatic heterocycles. The van der Waals surface area contributed by atoms with Crippen LogP contribution in [-0.4, -0.2) is 0 Å². The molecule has 0 amide bonds. The normalized spacial score (nSPS) is 13.5. The Kier molecular flexibility index (Phi) is 4.07. The highest BCUT2D eigenvalue weighted by Gasteiger charge is 2.18. The van der Waals surface area contributed by atoms with Gasteiger partial charge < -0.3 is 5.73 Å². The monoisotopic (exact) mass is 277 g/mol. The van der Waals surface area contributed by atoms with Crippen LogP contribution in [0.25, 0.3) is 0 Å². The lowest BCUT2D eigenvalue weighted by Crippen LogP contribution is -2.12. The number of benzene rings is 1. The topological polar surface area (TPSA) is 26.0 Å². The molecule has 2 N–H and O–H groups in total. The van der Waals surface area contributed by atoms with Gasteiger partial charge in [0.05, 0.1) is 0 Å². The molecule has 0 fully saturated rings. The minimum Gasteiger partial charge on any atom is -0.323 e. The molecule has 1 heterocycles. The lowest BCUT2D eigenvalue weighted by atomic mass is 9.95. The van der Waals surface area contributed by atoms with Gasteiger partial charge in [0.15, 0.2) is 0 Å². The van der Waals surface area contributed by atoms with Crippen molar-refractivity contribution < 1.29 is 4.39 Å². The standard InChI is InChI=1S/C16H20FNS/c1-16(2,3)15-8-7-14(19-15)13(18)10-11-5-4-6-12(17)9-11/h4-9,13H,10,18H2,1-3H3. The van der Waals surface area contributed by atoms with E-state index < -0.39 is 0 Å². The smallest absolute Gasteiger partial charge is 0.123 e. The molecule has 2 aromatic rings. The molecule has 0 radical (unpaired) electrons. The summed E-state index contributed by atoms with van der Waals surface area (Å²) >= 11 is 1.75. The van der Waals surface area contributed by atoms with E-state index in [0.29, 0.717) is 6.42 Å². The molecule has 0 saturated heterocycles. The summed E-state index contributed by atoms with van der Waals surface area (Å²) in [6, 6.07) is 10.8. The van der Waals surface area contributed by atoms with E-state index in [1.807, 2.05) is 6.07 Å². The molecule has 1 aromatic heterocycles. The summed E-state index contributed by atoms with van der Waals surface area (Å²) in [4.78, 5) is 2.49. The average molecular weight is 277 g/mol. The quantitative estimate of drug-likeness (QED) is 0.882. The van der Waals surface area contributed by atoms with E-state index in [2.05, 4.69) is 32.9 Å². The fraction of sp³-hybridized carbons (Fsp3) is 0.375. The van der Waals surface area contributed by atoms with Crippen molar-refractivity contribution in [2.75, 3.05) is 0 Å². The molecule has 3 heteroatoms. The van der Waals surface area contributed by atoms with E-state index in [1.165, 1.54) is 10.9 Å². The molecule has 0 aliphatic carbocycles. The van der Waals surface area contributed by atoms with Gasteiger partial charge in [-0.1, -0.05) is 32.9 Å². The third-order valence-corrected chi connectivity index (χ3v) is 4.72. The molecule has 0 aliphatic rings. The molecule has 1 unspecified atom stereocenters. The van der Waals surface area contributed by atoms with Crippen molar-refractivity contribution in [2.24, 2.45) is 5.73 Å². The minimum atomic E-state index is -0.203. The number of halogens is 1. The molecule has 1 nitrogen and oxygen atoms in total. The molecule has 1 aromatic carbocycles. The van der Waals surface area contributed by atoms with Crippen LogP contribution < -0.4 is 5.73 Å². The zero-order valence-corrected chi connectivity index (χ0v) is 12.4. The van der Waals surface area contributed by atoms with E-state index in [-0.39, 0.29) is 17.3 Å². The largest absolute Gasteiger partial charge is 0.323 e. The van der Waals surface area contributed by atoms with E-state index in [4.69, 9.17) is 5.73 Å². The Morgan fingerprint density at radius 1 is 1.21 bits per heavy atom. The molecular weight excluding hydrogens is 257 g/mol. The third-order valence-electron chi connectivity index (χ3n) is 3.08. The van der Waals surface area contributed by atoms with Crippen LogP contribution in [0.15, 0.2) is 36.4 Å². The van der Waals surface area contributed by atoms with Crippen molar-refractivity contribution in [3.05, 3.63) is 57.5 Å². The summed E-state index contributed by atoms with van der Waals surface area (Å²) in [5, 5.41) is 0. The number of thiophene rings is 1. The molecular formula is C16H20FNS. The minimum absolute atomic E-state index is 0.0668. The van der Waals surface area contributed by atoms with Gasteiger partial charge in [0.25, 0.3) is 0 Å². The Morgan fingerprint density at radius 2 is 1.95 bits per heavy atom. The maximum absolute atomic E-state index is 13.1. The second-order valence-electron chi connectivity index (χ2n) is 5.89. The summed E-state index contributed by atoms with van der Waals surface area (Å²) in [6.07, 6.45) is 0.669. The van der Waals surface area contributed by atoms with Crippen molar-refractivity contribution in [2.45, 2.75) is 38.6 Å². The Hall–Kier alpha value is -1.19. The Morgan fingerprint density at radius 3 is 2.53 bits per heavy atom. The maximum Gasteiger partial charge on any atom is 0.123 e. The fourth-order valence-corrected chi connectivity index (χ4v) is 3.04. The highest BCUT2D eigenvalue weighted by atomic mass is 32.1. The molecule has 0 spiro atoms. The summed E-state index contributed by atoms with van der Waals surface area (Å²) in [5.41, 5.74) is 7.32. The molecule has 0 saturated carbocycles. The SMILES string of the molecule is CC(C)(C)c1ccc(C(N)Cc2cccc(F)c2)s1. The van der Waals surface area contributed by atoms with Gasteiger partial charge in [0.1, 0.15) is 5.82 Å². The van der Waals surface area contributed by atoms with Crippen LogP contribution in [0.1, 0.15) is 42.1 Å². The Bertz CT molecular complexity index is 554. The van der Waals surface area contributed by atoms with Gasteiger partial charge in [-0.2, -0.15) is 0 Å². The summed E-state index contributed by atoms with van der Waals surface area (Å²) < 4.78 is 13.1. The van der Waals surface area contributed by atoms with Crippen LogP contribution >= 0.6 is 11.3 Å². The first-order valence-corrected chi connectivity index (χ1v) is 7.28. The van der Waals surface area contributed by atoms with Crippen molar-refractivity contribution in [1.29, 1.82) is 0 Å². The van der Waals surface area contributed by atoms with Gasteiger partial charge in [-0.15, -0.1) is 11.3 Å². The molecule has 0 bridgehead atoms. The molecule has 2 rings (SSSR count). The summed E-state index contributed by atoms with van der Waals surface area (Å²) in [6.45, 7) is 6.59. The van der Waals surface area contributed by atoms with Crippen molar-refractivity contribution in [3.8, 4) is 0 Å². The van der Waals surface area contributed by atoms with Gasteiger partial charge in [0, 0.05) is 15.8 Å². The lowest BCUT2D eigenvalue weighted by Gasteiger charge is -2.16. The highest BCUT2D eigenvalue weighted by Crippen LogP contribution is 2.32. The first-order valence-electron chi connectivity index (χ1n) is 6.46. The van der Waals surface area contributed by atoms with Gasteiger partial charge in [-0.25, -0.2) is 4.39 Å². The van der Waals surface area contributed by atoms with Crippen LogP contribution in [0, 0.1) is 5.82 Å². The summed E-state index contributed by atoms with van der Waals surface area (Å²) in [5.74, 6) is -0.203. The lowest BCUT2D eigenvalue weighted by molar-refractivity contribution is 0.604. The summed E-state index contributed by atoms with van der Waals surface area (Å²) in [7, 11) is 0. The van der Waals surface area contributed by atoms with Gasteiger partial charge >= 0.3 is 0 Å². The van der Waals surface area contributed by atoms with Crippen molar-refractivity contribution >= 4 is 11.3 Å². The first kappa shape index (κ1) is 14.2.